The summed E-state index contributed by atoms with van der Waals surface area (Å²) in [5.74, 6) is 0. The van der Waals surface area contributed by atoms with E-state index in [4.69, 9.17) is 0 Å². The summed E-state index contributed by atoms with van der Waals surface area (Å²) in [5.41, 5.74) is 5.97. The van der Waals surface area contributed by atoms with Crippen LogP contribution in [0.15, 0.2) is 55.2 Å². The Morgan fingerprint density at radius 2 is 1.95 bits per heavy atom. The molecule has 0 bridgehead atoms. The van der Waals surface area contributed by atoms with Crippen LogP contribution in [-0.4, -0.2) is 21.1 Å². The smallest absolute Gasteiger partial charge is 0.0997 e. The number of benzene rings is 1. The van der Waals surface area contributed by atoms with Gasteiger partial charge in [0.2, 0.25) is 0 Å². The summed E-state index contributed by atoms with van der Waals surface area (Å²) in [5, 5.41) is 3.39. The zero-order chi connectivity index (χ0) is 13.4. The van der Waals surface area contributed by atoms with Crippen LogP contribution in [0.5, 0.6) is 0 Å². The van der Waals surface area contributed by atoms with Gasteiger partial charge >= 0.3 is 0 Å². The van der Waals surface area contributed by atoms with E-state index in [-0.39, 0.29) is 0 Å². The minimum absolute atomic E-state index is 1.03. The Hall–Kier alpha value is -2.62. The Morgan fingerprint density at radius 1 is 1.05 bits per heavy atom. The molecule has 3 aromatic rings. The van der Waals surface area contributed by atoms with Crippen LogP contribution >= 0.6 is 0 Å². The Balaban J connectivity index is 1.82. The predicted molar refractivity (Wildman–Crippen MR) is 79.0 cm³/mol. The van der Waals surface area contributed by atoms with Crippen molar-refractivity contribution in [2.75, 3.05) is 11.9 Å². The summed E-state index contributed by atoms with van der Waals surface area (Å²) in [7, 11) is 0. The van der Waals surface area contributed by atoms with Gasteiger partial charge in [0, 0.05) is 35.9 Å². The number of fused-ring (bicyclic) bond motifs is 1. The summed E-state index contributed by atoms with van der Waals surface area (Å²) in [4.78, 5) is 8.36. The summed E-state index contributed by atoms with van der Waals surface area (Å²) in [6, 6.07) is 10.5. The first-order valence-corrected chi connectivity index (χ1v) is 6.72. The molecule has 0 atom stereocenters. The van der Waals surface area contributed by atoms with Gasteiger partial charge in [0.1, 0.15) is 0 Å². The number of hydrogen-bond donors (Lipinski definition) is 1. The summed E-state index contributed by atoms with van der Waals surface area (Å²) in [6.45, 7) is 1.03. The van der Waals surface area contributed by atoms with Crippen molar-refractivity contribution >= 4 is 5.69 Å². The molecule has 98 valence electrons. The van der Waals surface area contributed by atoms with Gasteiger partial charge in [-0.1, -0.05) is 0 Å². The lowest BCUT2D eigenvalue weighted by Gasteiger charge is -2.10. The minimum atomic E-state index is 1.03. The molecule has 0 saturated heterocycles. The number of nitrogens with zero attached hydrogens (tertiary/aromatic N) is 3. The molecule has 4 nitrogen and oxygen atoms in total. The van der Waals surface area contributed by atoms with Crippen LogP contribution in [0.4, 0.5) is 5.69 Å². The fraction of sp³-hybridized carbons (Fsp3) is 0.125. The second kappa shape index (κ2) is 4.49. The molecule has 2 aromatic heterocycles. The number of hydrogen-bond acceptors (Lipinski definition) is 3. The van der Waals surface area contributed by atoms with Gasteiger partial charge in [0.15, 0.2) is 0 Å². The number of pyridine rings is 1. The molecule has 0 radical (unpaired) electrons. The van der Waals surface area contributed by atoms with Gasteiger partial charge in [0.25, 0.3) is 0 Å². The molecule has 0 amide bonds. The highest BCUT2D eigenvalue weighted by atomic mass is 15.1. The van der Waals surface area contributed by atoms with E-state index < -0.39 is 0 Å². The monoisotopic (exact) mass is 262 g/mol. The van der Waals surface area contributed by atoms with Gasteiger partial charge in [-0.05, 0) is 42.3 Å². The van der Waals surface area contributed by atoms with E-state index in [1.165, 1.54) is 11.3 Å². The maximum absolute atomic E-state index is 4.30. The van der Waals surface area contributed by atoms with Crippen LogP contribution in [0, 0.1) is 0 Å². The molecule has 1 N–H and O–H groups in total. The van der Waals surface area contributed by atoms with Gasteiger partial charge in [0.05, 0.1) is 18.2 Å². The molecule has 4 heteroatoms. The quantitative estimate of drug-likeness (QED) is 0.772. The molecule has 0 fully saturated rings. The third kappa shape index (κ3) is 1.77. The van der Waals surface area contributed by atoms with Crippen LogP contribution in [0.1, 0.15) is 5.56 Å². The van der Waals surface area contributed by atoms with Crippen molar-refractivity contribution in [2.45, 2.75) is 6.42 Å². The lowest BCUT2D eigenvalue weighted by atomic mass is 10.1. The van der Waals surface area contributed by atoms with Crippen molar-refractivity contribution < 1.29 is 0 Å². The van der Waals surface area contributed by atoms with Gasteiger partial charge in [-0.2, -0.15) is 0 Å². The summed E-state index contributed by atoms with van der Waals surface area (Å²) >= 11 is 0. The van der Waals surface area contributed by atoms with E-state index in [0.717, 1.165) is 29.9 Å². The van der Waals surface area contributed by atoms with E-state index in [2.05, 4.69) is 38.1 Å². The van der Waals surface area contributed by atoms with Crippen LogP contribution in [0.3, 0.4) is 0 Å². The second-order valence-corrected chi connectivity index (χ2v) is 4.90. The van der Waals surface area contributed by atoms with Gasteiger partial charge in [-0.25, -0.2) is 4.98 Å². The lowest BCUT2D eigenvalue weighted by Crippen LogP contribution is -1.96. The van der Waals surface area contributed by atoms with Crippen LogP contribution < -0.4 is 5.32 Å². The first kappa shape index (κ1) is 11.2. The van der Waals surface area contributed by atoms with Crippen molar-refractivity contribution in [1.82, 2.24) is 14.5 Å². The van der Waals surface area contributed by atoms with Crippen LogP contribution in [0.25, 0.3) is 16.9 Å². The molecule has 1 aromatic carbocycles. The standard InChI is InChI=1S/C16H14N4/c1-2-15-13(5-8-19-15)9-14(1)20-11-18-10-16(20)12-3-6-17-7-4-12/h1-4,6-7,9-11,19H,5,8H2. The van der Waals surface area contributed by atoms with Crippen molar-refractivity contribution in [2.24, 2.45) is 0 Å². The highest BCUT2D eigenvalue weighted by Crippen LogP contribution is 2.27. The first-order chi connectivity index (χ1) is 9.92. The van der Waals surface area contributed by atoms with Gasteiger partial charge in [-0.15, -0.1) is 0 Å². The third-order valence-corrected chi connectivity index (χ3v) is 3.69. The summed E-state index contributed by atoms with van der Waals surface area (Å²) < 4.78 is 2.12. The second-order valence-electron chi connectivity index (χ2n) is 4.90. The number of anilines is 1. The fourth-order valence-corrected chi connectivity index (χ4v) is 2.68. The largest absolute Gasteiger partial charge is 0.384 e. The van der Waals surface area contributed by atoms with E-state index >= 15 is 0 Å². The Kier molecular flexibility index (Phi) is 2.52. The fourth-order valence-electron chi connectivity index (χ4n) is 2.68. The molecular weight excluding hydrogens is 248 g/mol. The predicted octanol–water partition coefficient (Wildman–Crippen LogP) is 2.90. The molecule has 0 saturated carbocycles. The normalized spacial score (nSPS) is 13.0. The van der Waals surface area contributed by atoms with E-state index in [0.29, 0.717) is 0 Å². The maximum Gasteiger partial charge on any atom is 0.0997 e. The zero-order valence-electron chi connectivity index (χ0n) is 11.0. The number of rotatable bonds is 2. The highest BCUT2D eigenvalue weighted by molar-refractivity contribution is 5.64. The lowest BCUT2D eigenvalue weighted by molar-refractivity contribution is 1.05. The molecule has 3 heterocycles. The maximum atomic E-state index is 4.30. The first-order valence-electron chi connectivity index (χ1n) is 6.72. The van der Waals surface area contributed by atoms with Crippen molar-refractivity contribution in [3.8, 4) is 16.9 Å². The van der Waals surface area contributed by atoms with Crippen LogP contribution in [0.2, 0.25) is 0 Å². The topological polar surface area (TPSA) is 42.7 Å². The molecule has 4 rings (SSSR count). The molecule has 20 heavy (non-hydrogen) atoms. The Bertz CT molecular complexity index is 746. The van der Waals surface area contributed by atoms with Crippen molar-refractivity contribution in [3.05, 3.63) is 60.8 Å². The minimum Gasteiger partial charge on any atom is -0.384 e. The van der Waals surface area contributed by atoms with Gasteiger partial charge < -0.3 is 5.32 Å². The van der Waals surface area contributed by atoms with Gasteiger partial charge in [-0.3, -0.25) is 9.55 Å². The summed E-state index contributed by atoms with van der Waals surface area (Å²) in [6.07, 6.45) is 8.45. The molecular formula is C16H14N4. The Labute approximate surface area is 117 Å². The Morgan fingerprint density at radius 3 is 2.85 bits per heavy atom. The third-order valence-electron chi connectivity index (χ3n) is 3.69. The number of aromatic nitrogens is 3. The van der Waals surface area contributed by atoms with Crippen molar-refractivity contribution in [3.63, 3.8) is 0 Å². The average molecular weight is 262 g/mol. The zero-order valence-corrected chi connectivity index (χ0v) is 11.0. The number of nitrogens with one attached hydrogen (secondary N) is 1. The highest BCUT2D eigenvalue weighted by Gasteiger charge is 2.12. The SMILES string of the molecule is c1cc(-c2cncn2-c2ccc3c(c2)CCN3)ccn1. The van der Waals surface area contributed by atoms with E-state index in [1.54, 1.807) is 12.4 Å². The van der Waals surface area contributed by atoms with Crippen molar-refractivity contribution in [1.29, 1.82) is 0 Å². The van der Waals surface area contributed by atoms with Crippen LogP contribution in [-0.2, 0) is 6.42 Å². The average Bonchev–Trinajstić information content (AvgIpc) is 3.16. The van der Waals surface area contributed by atoms with E-state index in [9.17, 15) is 0 Å². The molecule has 1 aliphatic rings. The molecule has 0 spiro atoms. The number of imidazole rings is 1. The molecule has 0 unspecified atom stereocenters. The van der Waals surface area contributed by atoms with E-state index in [1.807, 2.05) is 24.7 Å². The molecule has 1 aliphatic heterocycles. The molecule has 0 aliphatic carbocycles.